The summed E-state index contributed by atoms with van der Waals surface area (Å²) in [7, 11) is -3.61. The van der Waals surface area contributed by atoms with E-state index in [0.29, 0.717) is 0 Å². The van der Waals surface area contributed by atoms with Gasteiger partial charge in [-0.3, -0.25) is 4.79 Å². The fraction of sp³-hybridized carbons (Fsp3) is 0.222. The van der Waals surface area contributed by atoms with Crippen LogP contribution in [-0.2, 0) is 10.0 Å². The van der Waals surface area contributed by atoms with E-state index in [9.17, 15) is 13.2 Å². The number of sulfonamides is 1. The number of nitrogens with two attached hydrogens (primary N) is 2. The third-order valence-corrected chi connectivity index (χ3v) is 3.58. The highest BCUT2D eigenvalue weighted by atomic mass is 35.5. The molecule has 6 nitrogen and oxygen atoms in total. The second kappa shape index (κ2) is 5.75. The number of hydrogen-bond donors (Lipinski definition) is 3. The Hall–Kier alpha value is -1.02. The first-order chi connectivity index (χ1) is 8.20. The fourth-order valence-corrected chi connectivity index (χ4v) is 1.87. The molecule has 0 spiro atoms. The number of benzene rings is 1. The molecule has 1 aromatic carbocycles. The number of carbonyl (C=O) groups is 1. The Labute approximate surface area is 114 Å². The van der Waals surface area contributed by atoms with Crippen molar-refractivity contribution in [3.05, 3.63) is 27.7 Å². The monoisotopic (exact) mass is 311 g/mol. The Morgan fingerprint density at radius 2 is 1.94 bits per heavy atom. The quantitative estimate of drug-likeness (QED) is 0.706. The number of rotatable bonds is 4. The van der Waals surface area contributed by atoms with Gasteiger partial charge in [-0.05, 0) is 12.1 Å². The van der Waals surface area contributed by atoms with E-state index in [0.717, 1.165) is 0 Å². The van der Waals surface area contributed by atoms with Crippen molar-refractivity contribution in [1.82, 2.24) is 5.32 Å². The van der Waals surface area contributed by atoms with Gasteiger partial charge in [-0.25, -0.2) is 13.6 Å². The smallest absolute Gasteiger partial charge is 0.251 e. The molecule has 0 aliphatic heterocycles. The highest BCUT2D eigenvalue weighted by Crippen LogP contribution is 2.29. The number of nitrogen functional groups attached to an aromatic ring is 1. The van der Waals surface area contributed by atoms with Crippen LogP contribution in [0.15, 0.2) is 12.1 Å². The summed E-state index contributed by atoms with van der Waals surface area (Å²) in [5.74, 6) is -0.862. The second-order valence-electron chi connectivity index (χ2n) is 3.48. The average molecular weight is 312 g/mol. The lowest BCUT2D eigenvalue weighted by atomic mass is 10.2. The maximum absolute atomic E-state index is 11.6. The van der Waals surface area contributed by atoms with Crippen LogP contribution in [0, 0.1) is 0 Å². The third-order valence-electron chi connectivity index (χ3n) is 1.99. The molecule has 9 heteroatoms. The lowest BCUT2D eigenvalue weighted by molar-refractivity contribution is 0.0956. The first kappa shape index (κ1) is 15.0. The van der Waals surface area contributed by atoms with Crippen LogP contribution in [0.2, 0.25) is 10.0 Å². The minimum absolute atomic E-state index is 0.0994. The number of halogens is 2. The van der Waals surface area contributed by atoms with Crippen LogP contribution in [-0.4, -0.2) is 26.6 Å². The average Bonchev–Trinajstić information content (AvgIpc) is 2.23. The normalized spacial score (nSPS) is 11.3. The number of hydrogen-bond acceptors (Lipinski definition) is 4. The Morgan fingerprint density at radius 1 is 1.33 bits per heavy atom. The van der Waals surface area contributed by atoms with Crippen molar-refractivity contribution in [1.29, 1.82) is 0 Å². The molecule has 1 rings (SSSR count). The maximum atomic E-state index is 11.6. The molecule has 0 aliphatic rings. The van der Waals surface area contributed by atoms with Crippen LogP contribution in [0.4, 0.5) is 5.69 Å². The zero-order chi connectivity index (χ0) is 13.9. The van der Waals surface area contributed by atoms with Gasteiger partial charge in [0.25, 0.3) is 5.91 Å². The van der Waals surface area contributed by atoms with Gasteiger partial charge in [0.1, 0.15) is 0 Å². The predicted octanol–water partition coefficient (Wildman–Crippen LogP) is 0.594. The topological polar surface area (TPSA) is 115 Å². The molecule has 0 radical (unpaired) electrons. The van der Waals surface area contributed by atoms with Crippen molar-refractivity contribution < 1.29 is 13.2 Å². The number of nitrogens with one attached hydrogen (secondary N) is 1. The molecule has 1 amide bonds. The van der Waals surface area contributed by atoms with Gasteiger partial charge in [-0.1, -0.05) is 23.2 Å². The Kier molecular flexibility index (Phi) is 4.80. The molecule has 18 heavy (non-hydrogen) atoms. The largest absolute Gasteiger partial charge is 0.397 e. The van der Waals surface area contributed by atoms with Crippen molar-refractivity contribution in [2.75, 3.05) is 18.0 Å². The van der Waals surface area contributed by atoms with Crippen LogP contribution in [0.3, 0.4) is 0 Å². The van der Waals surface area contributed by atoms with Gasteiger partial charge in [-0.15, -0.1) is 0 Å². The van der Waals surface area contributed by atoms with Gasteiger partial charge in [0.2, 0.25) is 10.0 Å². The standard InChI is InChI=1S/C9H11Cl2N3O3S/c10-6-3-5(4-7(12)8(6)11)9(15)14-1-2-18(13,16)17/h3-4H,1-2,12H2,(H,14,15)(H2,13,16,17). The Morgan fingerprint density at radius 3 is 2.44 bits per heavy atom. The number of anilines is 1. The molecular formula is C9H11Cl2N3O3S. The number of carbonyl (C=O) groups excluding carboxylic acids is 1. The van der Waals surface area contributed by atoms with E-state index in [-0.39, 0.29) is 33.6 Å². The zero-order valence-corrected chi connectivity index (χ0v) is 11.4. The van der Waals surface area contributed by atoms with Gasteiger partial charge in [0.15, 0.2) is 0 Å². The molecule has 1 aromatic rings. The molecule has 0 saturated carbocycles. The molecular weight excluding hydrogens is 301 g/mol. The van der Waals surface area contributed by atoms with Crippen molar-refractivity contribution in [2.24, 2.45) is 5.14 Å². The number of amides is 1. The van der Waals surface area contributed by atoms with Gasteiger partial charge < -0.3 is 11.1 Å². The van der Waals surface area contributed by atoms with Crippen molar-refractivity contribution in [3.63, 3.8) is 0 Å². The molecule has 0 atom stereocenters. The highest BCUT2D eigenvalue weighted by molar-refractivity contribution is 7.89. The lowest BCUT2D eigenvalue weighted by Gasteiger charge is -2.07. The van der Waals surface area contributed by atoms with Crippen molar-refractivity contribution >= 4 is 44.8 Å². The third kappa shape index (κ3) is 4.34. The van der Waals surface area contributed by atoms with Gasteiger partial charge >= 0.3 is 0 Å². The summed E-state index contributed by atoms with van der Waals surface area (Å²) in [6.07, 6.45) is 0. The minimum Gasteiger partial charge on any atom is -0.397 e. The van der Waals surface area contributed by atoms with Crippen LogP contribution in [0.1, 0.15) is 10.4 Å². The molecule has 0 unspecified atom stereocenters. The van der Waals surface area contributed by atoms with E-state index in [1.165, 1.54) is 12.1 Å². The van der Waals surface area contributed by atoms with Crippen LogP contribution in [0.5, 0.6) is 0 Å². The van der Waals surface area contributed by atoms with E-state index in [2.05, 4.69) is 5.32 Å². The van der Waals surface area contributed by atoms with E-state index in [1.54, 1.807) is 0 Å². The molecule has 0 saturated heterocycles. The van der Waals surface area contributed by atoms with E-state index in [1.807, 2.05) is 0 Å². The highest BCUT2D eigenvalue weighted by Gasteiger charge is 2.11. The van der Waals surface area contributed by atoms with Gasteiger partial charge in [0.05, 0.1) is 21.5 Å². The molecule has 0 aliphatic carbocycles. The van der Waals surface area contributed by atoms with Crippen molar-refractivity contribution in [3.8, 4) is 0 Å². The Bertz CT molecular complexity index is 551. The fourth-order valence-electron chi connectivity index (χ4n) is 1.15. The molecule has 100 valence electrons. The van der Waals surface area contributed by atoms with E-state index in [4.69, 9.17) is 34.1 Å². The zero-order valence-electron chi connectivity index (χ0n) is 9.11. The molecule has 0 aromatic heterocycles. The molecule has 0 fully saturated rings. The van der Waals surface area contributed by atoms with E-state index < -0.39 is 15.9 Å². The Balaban J connectivity index is 2.74. The summed E-state index contributed by atoms with van der Waals surface area (Å²) in [6, 6.07) is 2.69. The lowest BCUT2D eigenvalue weighted by Crippen LogP contribution is -2.31. The summed E-state index contributed by atoms with van der Waals surface area (Å²) >= 11 is 11.5. The summed E-state index contributed by atoms with van der Waals surface area (Å²) in [5.41, 5.74) is 5.90. The molecule has 5 N–H and O–H groups in total. The second-order valence-corrected chi connectivity index (χ2v) is 6.00. The summed E-state index contributed by atoms with van der Waals surface area (Å²) < 4.78 is 21.3. The minimum atomic E-state index is -3.61. The molecule has 0 bridgehead atoms. The summed E-state index contributed by atoms with van der Waals surface area (Å²) in [4.78, 5) is 11.6. The SMILES string of the molecule is Nc1cc(C(=O)NCCS(N)(=O)=O)cc(Cl)c1Cl. The summed E-state index contributed by atoms with van der Waals surface area (Å²) in [5, 5.41) is 7.48. The van der Waals surface area contributed by atoms with Crippen LogP contribution in [0.25, 0.3) is 0 Å². The maximum Gasteiger partial charge on any atom is 0.251 e. The van der Waals surface area contributed by atoms with Crippen LogP contribution < -0.4 is 16.2 Å². The predicted molar refractivity (Wildman–Crippen MR) is 71.2 cm³/mol. The van der Waals surface area contributed by atoms with E-state index >= 15 is 0 Å². The summed E-state index contributed by atoms with van der Waals surface area (Å²) in [6.45, 7) is -0.0994. The first-order valence-electron chi connectivity index (χ1n) is 4.74. The van der Waals surface area contributed by atoms with Gasteiger partial charge in [-0.2, -0.15) is 0 Å². The van der Waals surface area contributed by atoms with Crippen LogP contribution >= 0.6 is 23.2 Å². The number of primary sulfonamides is 1. The van der Waals surface area contributed by atoms with Gasteiger partial charge in [0, 0.05) is 12.1 Å². The molecule has 0 heterocycles. The first-order valence-corrected chi connectivity index (χ1v) is 7.21. The van der Waals surface area contributed by atoms with Crippen molar-refractivity contribution in [2.45, 2.75) is 0 Å².